The maximum absolute atomic E-state index is 12.4. The first kappa shape index (κ1) is 12.8. The van der Waals surface area contributed by atoms with Crippen molar-refractivity contribution >= 4 is 21.7 Å². The highest BCUT2D eigenvalue weighted by atomic mass is 79.9. The summed E-state index contributed by atoms with van der Waals surface area (Å²) in [6.07, 6.45) is 5.98. The summed E-state index contributed by atoms with van der Waals surface area (Å²) >= 11 is 3.40. The van der Waals surface area contributed by atoms with Gasteiger partial charge in [0, 0.05) is 13.0 Å². The minimum absolute atomic E-state index is 0.176. The van der Waals surface area contributed by atoms with E-state index >= 15 is 0 Å². The summed E-state index contributed by atoms with van der Waals surface area (Å²) in [5.41, 5.74) is 1.12. The molecule has 0 spiro atoms. The minimum Gasteiger partial charge on any atom is -0.292 e. The van der Waals surface area contributed by atoms with Gasteiger partial charge in [-0.3, -0.25) is 9.48 Å². The third-order valence-electron chi connectivity index (χ3n) is 3.84. The first-order valence-electron chi connectivity index (χ1n) is 6.12. The second kappa shape index (κ2) is 4.56. The third-order valence-corrected chi connectivity index (χ3v) is 4.42. The molecule has 1 saturated carbocycles. The molecule has 0 radical (unpaired) electrons. The molecule has 94 valence electrons. The Labute approximate surface area is 111 Å². The van der Waals surface area contributed by atoms with E-state index in [0.29, 0.717) is 5.41 Å². The van der Waals surface area contributed by atoms with Crippen molar-refractivity contribution in [3.63, 3.8) is 0 Å². The van der Waals surface area contributed by atoms with E-state index in [1.807, 2.05) is 7.05 Å². The van der Waals surface area contributed by atoms with Crippen LogP contribution in [0.1, 0.15) is 50.0 Å². The number of halogens is 1. The lowest BCUT2D eigenvalue weighted by molar-refractivity contribution is 0.0827. The molecule has 0 N–H and O–H groups in total. The van der Waals surface area contributed by atoms with Crippen LogP contribution in [0.4, 0.5) is 0 Å². The Morgan fingerprint density at radius 2 is 2.06 bits per heavy atom. The highest BCUT2D eigenvalue weighted by Gasteiger charge is 2.32. The molecule has 1 aliphatic carbocycles. The smallest absolute Gasteiger partial charge is 0.185 e. The normalized spacial score (nSPS) is 20.5. The maximum Gasteiger partial charge on any atom is 0.185 e. The van der Waals surface area contributed by atoms with Crippen LogP contribution in [0.3, 0.4) is 0 Å². The Balaban J connectivity index is 2.12. The number of nitrogens with zero attached hydrogens (tertiary/aromatic N) is 2. The average molecular weight is 299 g/mol. The maximum atomic E-state index is 12.4. The third kappa shape index (κ3) is 2.62. The Kier molecular flexibility index (Phi) is 3.43. The van der Waals surface area contributed by atoms with E-state index in [-0.39, 0.29) is 11.7 Å². The van der Waals surface area contributed by atoms with Gasteiger partial charge in [-0.1, -0.05) is 13.8 Å². The molecule has 0 saturated heterocycles. The molecule has 4 heteroatoms. The van der Waals surface area contributed by atoms with Gasteiger partial charge in [0.05, 0.1) is 10.7 Å². The Morgan fingerprint density at radius 3 is 2.53 bits per heavy atom. The summed E-state index contributed by atoms with van der Waals surface area (Å²) in [6.45, 7) is 4.57. The molecular formula is C13H19BrN2O. The summed E-state index contributed by atoms with van der Waals surface area (Å²) in [7, 11) is 1.82. The number of aromatic nitrogens is 2. The lowest BCUT2D eigenvalue weighted by atomic mass is 9.72. The monoisotopic (exact) mass is 298 g/mol. The van der Waals surface area contributed by atoms with Crippen LogP contribution in [-0.2, 0) is 7.05 Å². The number of carbonyl (C=O) groups excluding carboxylic acids is 1. The predicted octanol–water partition coefficient (Wildman–Crippen LogP) is 3.58. The highest BCUT2D eigenvalue weighted by Crippen LogP contribution is 2.39. The van der Waals surface area contributed by atoms with Crippen molar-refractivity contribution in [1.82, 2.24) is 9.78 Å². The standard InChI is InChI=1S/C13H19BrN2O/c1-13(2)6-4-9(5-7-13)12(17)11-10(14)8-15-16(11)3/h8-9H,4-7H2,1-3H3. The van der Waals surface area contributed by atoms with E-state index in [4.69, 9.17) is 0 Å². The lowest BCUT2D eigenvalue weighted by Gasteiger charge is -2.33. The van der Waals surface area contributed by atoms with Gasteiger partial charge >= 0.3 is 0 Å². The number of carbonyl (C=O) groups is 1. The zero-order valence-corrected chi connectivity index (χ0v) is 12.2. The van der Waals surface area contributed by atoms with E-state index in [9.17, 15) is 4.79 Å². The molecule has 0 atom stereocenters. The molecule has 3 nitrogen and oxygen atoms in total. The van der Waals surface area contributed by atoms with Gasteiger partial charge in [0.25, 0.3) is 0 Å². The molecule has 0 amide bonds. The van der Waals surface area contributed by atoms with Gasteiger partial charge in [-0.15, -0.1) is 0 Å². The molecule has 0 bridgehead atoms. The summed E-state index contributed by atoms with van der Waals surface area (Å²) < 4.78 is 2.49. The number of aryl methyl sites for hydroxylation is 1. The minimum atomic E-state index is 0.176. The fourth-order valence-corrected chi connectivity index (χ4v) is 3.09. The van der Waals surface area contributed by atoms with Gasteiger partial charge in [-0.2, -0.15) is 5.10 Å². The molecule has 1 aromatic rings. The Hall–Kier alpha value is -0.640. The molecule has 17 heavy (non-hydrogen) atoms. The zero-order valence-electron chi connectivity index (χ0n) is 10.7. The van der Waals surface area contributed by atoms with Crippen LogP contribution in [0.2, 0.25) is 0 Å². The molecule has 1 aliphatic rings. The van der Waals surface area contributed by atoms with Gasteiger partial charge in [0.1, 0.15) is 5.69 Å². The number of Topliss-reactive ketones (excluding diaryl/α,β-unsaturated/α-hetero) is 1. The molecule has 0 unspecified atom stereocenters. The van der Waals surface area contributed by atoms with Gasteiger partial charge < -0.3 is 0 Å². The Morgan fingerprint density at radius 1 is 1.47 bits per heavy atom. The van der Waals surface area contributed by atoms with E-state index in [2.05, 4.69) is 34.9 Å². The second-order valence-electron chi connectivity index (χ2n) is 5.77. The number of hydrogen-bond acceptors (Lipinski definition) is 2. The van der Waals surface area contributed by atoms with E-state index in [0.717, 1.165) is 35.8 Å². The van der Waals surface area contributed by atoms with Crippen molar-refractivity contribution in [2.24, 2.45) is 18.4 Å². The van der Waals surface area contributed by atoms with Gasteiger partial charge in [-0.25, -0.2) is 0 Å². The van der Waals surface area contributed by atoms with Crippen LogP contribution in [-0.4, -0.2) is 15.6 Å². The SMILES string of the molecule is Cn1ncc(Br)c1C(=O)C1CCC(C)(C)CC1. The molecule has 0 aromatic carbocycles. The quantitative estimate of drug-likeness (QED) is 0.782. The van der Waals surface area contributed by atoms with Crippen LogP contribution in [0, 0.1) is 11.3 Å². The van der Waals surface area contributed by atoms with Crippen molar-refractivity contribution in [1.29, 1.82) is 0 Å². The number of rotatable bonds is 2. The van der Waals surface area contributed by atoms with Crippen molar-refractivity contribution < 1.29 is 4.79 Å². The van der Waals surface area contributed by atoms with Crippen molar-refractivity contribution in [2.75, 3.05) is 0 Å². The fourth-order valence-electron chi connectivity index (χ4n) is 2.54. The van der Waals surface area contributed by atoms with Crippen LogP contribution < -0.4 is 0 Å². The van der Waals surface area contributed by atoms with Crippen LogP contribution in [0.5, 0.6) is 0 Å². The van der Waals surface area contributed by atoms with Gasteiger partial charge in [0.15, 0.2) is 5.78 Å². The molecule has 0 aliphatic heterocycles. The van der Waals surface area contributed by atoms with Crippen molar-refractivity contribution in [3.8, 4) is 0 Å². The number of hydrogen-bond donors (Lipinski definition) is 0. The molecule has 2 rings (SSSR count). The molecule has 1 aromatic heterocycles. The van der Waals surface area contributed by atoms with Crippen molar-refractivity contribution in [2.45, 2.75) is 39.5 Å². The summed E-state index contributed by atoms with van der Waals surface area (Å²) in [4.78, 5) is 12.4. The first-order valence-corrected chi connectivity index (χ1v) is 6.92. The molecular weight excluding hydrogens is 280 g/mol. The summed E-state index contributed by atoms with van der Waals surface area (Å²) in [5.74, 6) is 0.419. The van der Waals surface area contributed by atoms with Crippen LogP contribution >= 0.6 is 15.9 Å². The second-order valence-corrected chi connectivity index (χ2v) is 6.62. The topological polar surface area (TPSA) is 34.9 Å². The predicted molar refractivity (Wildman–Crippen MR) is 71.0 cm³/mol. The van der Waals surface area contributed by atoms with E-state index < -0.39 is 0 Å². The highest BCUT2D eigenvalue weighted by molar-refractivity contribution is 9.10. The summed E-state index contributed by atoms with van der Waals surface area (Å²) in [6, 6.07) is 0. The average Bonchev–Trinajstić information content (AvgIpc) is 2.58. The van der Waals surface area contributed by atoms with Crippen LogP contribution in [0.25, 0.3) is 0 Å². The van der Waals surface area contributed by atoms with Crippen LogP contribution in [0.15, 0.2) is 10.7 Å². The van der Waals surface area contributed by atoms with Gasteiger partial charge in [-0.05, 0) is 47.0 Å². The summed E-state index contributed by atoms with van der Waals surface area (Å²) in [5, 5.41) is 4.11. The number of ketones is 1. The largest absolute Gasteiger partial charge is 0.292 e. The molecule has 1 fully saturated rings. The zero-order chi connectivity index (χ0) is 12.6. The Bertz CT molecular complexity index is 407. The van der Waals surface area contributed by atoms with E-state index in [1.54, 1.807) is 10.9 Å². The van der Waals surface area contributed by atoms with E-state index in [1.165, 1.54) is 0 Å². The fraction of sp³-hybridized carbons (Fsp3) is 0.692. The lowest BCUT2D eigenvalue weighted by Crippen LogP contribution is -2.27. The molecule has 1 heterocycles. The van der Waals surface area contributed by atoms with Crippen molar-refractivity contribution in [3.05, 3.63) is 16.4 Å². The van der Waals surface area contributed by atoms with Gasteiger partial charge in [0.2, 0.25) is 0 Å². The first-order chi connectivity index (χ1) is 7.91.